The predicted octanol–water partition coefficient (Wildman–Crippen LogP) is 2.69. The summed E-state index contributed by atoms with van der Waals surface area (Å²) in [6, 6.07) is 16.4. The van der Waals surface area contributed by atoms with E-state index in [1.807, 2.05) is 18.2 Å². The van der Waals surface area contributed by atoms with Crippen LogP contribution >= 0.6 is 0 Å². The monoisotopic (exact) mass is 265 g/mol. The number of benzene rings is 2. The first-order chi connectivity index (χ1) is 9.70. The number of aryl methyl sites for hydroxylation is 1. The van der Waals surface area contributed by atoms with Crippen LogP contribution < -0.4 is 11.5 Å². The molecule has 20 heavy (non-hydrogen) atoms. The van der Waals surface area contributed by atoms with Crippen molar-refractivity contribution in [2.75, 3.05) is 0 Å². The lowest BCUT2D eigenvalue weighted by atomic mass is 9.98. The van der Waals surface area contributed by atoms with E-state index in [9.17, 15) is 0 Å². The van der Waals surface area contributed by atoms with Crippen LogP contribution in [-0.4, -0.2) is 4.57 Å². The van der Waals surface area contributed by atoms with Crippen LogP contribution in [0.4, 0.5) is 0 Å². The van der Waals surface area contributed by atoms with Gasteiger partial charge in [0.05, 0.1) is 6.04 Å². The normalized spacial score (nSPS) is 12.8. The van der Waals surface area contributed by atoms with Crippen LogP contribution in [0.2, 0.25) is 0 Å². The van der Waals surface area contributed by atoms with Gasteiger partial charge >= 0.3 is 0 Å². The molecule has 0 aliphatic rings. The third-order valence-corrected chi connectivity index (χ3v) is 3.84. The minimum absolute atomic E-state index is 0.118. The molecule has 0 fully saturated rings. The minimum atomic E-state index is -0.118. The number of fused-ring (bicyclic) bond motifs is 1. The molecule has 3 rings (SSSR count). The summed E-state index contributed by atoms with van der Waals surface area (Å²) >= 11 is 0. The molecule has 102 valence electrons. The van der Waals surface area contributed by atoms with Crippen LogP contribution in [0.3, 0.4) is 0 Å². The summed E-state index contributed by atoms with van der Waals surface area (Å²) in [5.74, 6) is 0. The van der Waals surface area contributed by atoms with Gasteiger partial charge in [0.1, 0.15) is 0 Å². The maximum absolute atomic E-state index is 6.44. The molecule has 4 N–H and O–H groups in total. The zero-order chi connectivity index (χ0) is 14.1. The smallest absolute Gasteiger partial charge is 0.0572 e. The Bertz CT molecular complexity index is 726. The second kappa shape index (κ2) is 5.12. The molecule has 1 unspecified atom stereocenters. The van der Waals surface area contributed by atoms with E-state index in [0.717, 1.165) is 16.7 Å². The number of nitrogens with zero attached hydrogens (tertiary/aromatic N) is 1. The maximum Gasteiger partial charge on any atom is 0.0572 e. The van der Waals surface area contributed by atoms with Gasteiger partial charge in [-0.05, 0) is 22.8 Å². The third-order valence-electron chi connectivity index (χ3n) is 3.84. The summed E-state index contributed by atoms with van der Waals surface area (Å²) in [5, 5.41) is 1.21. The summed E-state index contributed by atoms with van der Waals surface area (Å²) in [4.78, 5) is 0. The van der Waals surface area contributed by atoms with Gasteiger partial charge in [-0.2, -0.15) is 0 Å². The second-order valence-corrected chi connectivity index (χ2v) is 5.14. The molecule has 0 aliphatic heterocycles. The molecular weight excluding hydrogens is 246 g/mol. The van der Waals surface area contributed by atoms with Gasteiger partial charge in [-0.3, -0.25) is 0 Å². The molecule has 0 saturated carbocycles. The van der Waals surface area contributed by atoms with E-state index < -0.39 is 0 Å². The number of hydrogen-bond acceptors (Lipinski definition) is 2. The first-order valence-electron chi connectivity index (χ1n) is 6.79. The zero-order valence-corrected chi connectivity index (χ0v) is 11.6. The Labute approximate surface area is 118 Å². The molecule has 3 heteroatoms. The molecule has 0 bridgehead atoms. The number of aromatic nitrogens is 1. The van der Waals surface area contributed by atoms with E-state index in [1.54, 1.807) is 0 Å². The molecule has 3 aromatic rings. The molecule has 0 amide bonds. The van der Waals surface area contributed by atoms with Gasteiger partial charge < -0.3 is 16.0 Å². The lowest BCUT2D eigenvalue weighted by molar-refractivity contribution is 0.860. The Morgan fingerprint density at radius 1 is 1.05 bits per heavy atom. The van der Waals surface area contributed by atoms with Crippen LogP contribution in [0, 0.1) is 0 Å². The number of rotatable bonds is 3. The largest absolute Gasteiger partial charge is 0.350 e. The molecule has 2 aromatic carbocycles. The van der Waals surface area contributed by atoms with E-state index in [4.69, 9.17) is 11.5 Å². The minimum Gasteiger partial charge on any atom is -0.350 e. The predicted molar refractivity (Wildman–Crippen MR) is 83.3 cm³/mol. The summed E-state index contributed by atoms with van der Waals surface area (Å²) in [6.07, 6.45) is 2.12. The van der Waals surface area contributed by atoms with Gasteiger partial charge in [0.25, 0.3) is 0 Å². The van der Waals surface area contributed by atoms with Crippen molar-refractivity contribution in [2.45, 2.75) is 12.6 Å². The lowest BCUT2D eigenvalue weighted by Crippen LogP contribution is -2.11. The molecule has 0 radical (unpaired) electrons. The highest BCUT2D eigenvalue weighted by molar-refractivity contribution is 5.84. The zero-order valence-electron chi connectivity index (χ0n) is 11.6. The quantitative estimate of drug-likeness (QED) is 0.765. The number of nitrogens with two attached hydrogens (primary N) is 2. The Morgan fingerprint density at radius 2 is 1.75 bits per heavy atom. The summed E-state index contributed by atoms with van der Waals surface area (Å²) in [7, 11) is 2.05. The topological polar surface area (TPSA) is 57.0 Å². The van der Waals surface area contributed by atoms with E-state index in [-0.39, 0.29) is 6.04 Å². The van der Waals surface area contributed by atoms with Crippen LogP contribution in [0.5, 0.6) is 0 Å². The number of hydrogen-bond donors (Lipinski definition) is 2. The lowest BCUT2D eigenvalue weighted by Gasteiger charge is -2.12. The highest BCUT2D eigenvalue weighted by atomic mass is 14.9. The molecule has 1 heterocycles. The Morgan fingerprint density at radius 3 is 2.45 bits per heavy atom. The van der Waals surface area contributed by atoms with Crippen LogP contribution in [0.15, 0.2) is 54.7 Å². The maximum atomic E-state index is 6.44. The molecule has 3 nitrogen and oxygen atoms in total. The average molecular weight is 265 g/mol. The van der Waals surface area contributed by atoms with E-state index in [0.29, 0.717) is 6.54 Å². The van der Waals surface area contributed by atoms with Crippen molar-refractivity contribution in [3.8, 4) is 0 Å². The van der Waals surface area contributed by atoms with Crippen molar-refractivity contribution >= 4 is 10.9 Å². The highest BCUT2D eigenvalue weighted by Crippen LogP contribution is 2.28. The molecule has 0 spiro atoms. The Kier molecular flexibility index (Phi) is 3.30. The Hall–Kier alpha value is -2.10. The molecule has 0 aliphatic carbocycles. The van der Waals surface area contributed by atoms with Gasteiger partial charge in [-0.25, -0.2) is 0 Å². The third kappa shape index (κ3) is 2.11. The van der Waals surface area contributed by atoms with Crippen LogP contribution in [0.25, 0.3) is 10.9 Å². The molecule has 1 atom stereocenters. The SMILES string of the molecule is Cn1cc(C(N)c2ccc(CN)cc2)c2ccccc21. The summed E-state index contributed by atoms with van der Waals surface area (Å²) in [5.41, 5.74) is 16.7. The average Bonchev–Trinajstić information content (AvgIpc) is 2.84. The first-order valence-corrected chi connectivity index (χ1v) is 6.79. The summed E-state index contributed by atoms with van der Waals surface area (Å²) < 4.78 is 2.12. The van der Waals surface area contributed by atoms with Crippen molar-refractivity contribution in [3.63, 3.8) is 0 Å². The second-order valence-electron chi connectivity index (χ2n) is 5.14. The fourth-order valence-electron chi connectivity index (χ4n) is 2.66. The summed E-state index contributed by atoms with van der Waals surface area (Å²) in [6.45, 7) is 0.559. The molecule has 0 saturated heterocycles. The van der Waals surface area contributed by atoms with Crippen molar-refractivity contribution in [1.82, 2.24) is 4.57 Å². The van der Waals surface area contributed by atoms with Crippen LogP contribution in [-0.2, 0) is 13.6 Å². The van der Waals surface area contributed by atoms with Crippen LogP contribution in [0.1, 0.15) is 22.7 Å². The van der Waals surface area contributed by atoms with Gasteiger partial charge in [-0.1, -0.05) is 42.5 Å². The fourth-order valence-corrected chi connectivity index (χ4v) is 2.66. The van der Waals surface area contributed by atoms with Crippen molar-refractivity contribution < 1.29 is 0 Å². The molecule has 1 aromatic heterocycles. The van der Waals surface area contributed by atoms with Crippen molar-refractivity contribution in [1.29, 1.82) is 0 Å². The van der Waals surface area contributed by atoms with Gasteiger partial charge in [0, 0.05) is 30.7 Å². The van der Waals surface area contributed by atoms with Gasteiger partial charge in [0.15, 0.2) is 0 Å². The van der Waals surface area contributed by atoms with Gasteiger partial charge in [-0.15, -0.1) is 0 Å². The van der Waals surface area contributed by atoms with E-state index in [1.165, 1.54) is 10.9 Å². The number of para-hydroxylation sites is 1. The highest BCUT2D eigenvalue weighted by Gasteiger charge is 2.14. The van der Waals surface area contributed by atoms with Crippen molar-refractivity contribution in [2.24, 2.45) is 18.5 Å². The molecular formula is C17H19N3. The Balaban J connectivity index is 2.05. The van der Waals surface area contributed by atoms with Crippen molar-refractivity contribution in [3.05, 3.63) is 71.4 Å². The standard InChI is InChI=1S/C17H19N3/c1-20-11-15(14-4-2-3-5-16(14)20)17(19)13-8-6-12(10-18)7-9-13/h2-9,11,17H,10,18-19H2,1H3. The first kappa shape index (κ1) is 12.9. The van der Waals surface area contributed by atoms with E-state index >= 15 is 0 Å². The van der Waals surface area contributed by atoms with Gasteiger partial charge in [0.2, 0.25) is 0 Å². The van der Waals surface area contributed by atoms with E-state index in [2.05, 4.69) is 48.1 Å². The fraction of sp³-hybridized carbons (Fsp3) is 0.176.